The van der Waals surface area contributed by atoms with Crippen LogP contribution in [0.25, 0.3) is 0 Å². The van der Waals surface area contributed by atoms with Crippen molar-refractivity contribution in [2.45, 2.75) is 45.6 Å². The molecule has 0 saturated carbocycles. The van der Waals surface area contributed by atoms with Crippen molar-refractivity contribution in [3.63, 3.8) is 0 Å². The van der Waals surface area contributed by atoms with Crippen LogP contribution in [0.2, 0.25) is 0 Å². The summed E-state index contributed by atoms with van der Waals surface area (Å²) in [6.07, 6.45) is 5.03. The first kappa shape index (κ1) is 13.9. The fraction of sp³-hybridized carbons (Fsp3) is 1.00. The lowest BCUT2D eigenvalue weighted by Crippen LogP contribution is -2.38. The van der Waals surface area contributed by atoms with Gasteiger partial charge in [0, 0.05) is 25.8 Å². The Kier molecular flexibility index (Phi) is 7.81. The number of likely N-dealkylation sites (tertiary alicyclic amines) is 1. The minimum atomic E-state index is 0.615. The van der Waals surface area contributed by atoms with E-state index in [0.29, 0.717) is 6.04 Å². The van der Waals surface area contributed by atoms with E-state index in [1.807, 2.05) is 0 Å². The second-order valence-electron chi connectivity index (χ2n) is 4.83. The van der Waals surface area contributed by atoms with Gasteiger partial charge in [-0.05, 0) is 52.2 Å². The highest BCUT2D eigenvalue weighted by atomic mass is 16.5. The summed E-state index contributed by atoms with van der Waals surface area (Å²) >= 11 is 0. The fourth-order valence-electron chi connectivity index (χ4n) is 2.19. The summed E-state index contributed by atoms with van der Waals surface area (Å²) in [5.74, 6) is 0. The van der Waals surface area contributed by atoms with E-state index < -0.39 is 0 Å². The van der Waals surface area contributed by atoms with Gasteiger partial charge in [0.1, 0.15) is 0 Å². The summed E-state index contributed by atoms with van der Waals surface area (Å²) in [5.41, 5.74) is 0. The number of nitrogens with zero attached hydrogens (tertiary/aromatic N) is 1. The predicted octanol–water partition coefficient (Wildman–Crippen LogP) is 1.88. The van der Waals surface area contributed by atoms with Gasteiger partial charge in [-0.25, -0.2) is 0 Å². The second-order valence-corrected chi connectivity index (χ2v) is 4.83. The molecule has 0 bridgehead atoms. The summed E-state index contributed by atoms with van der Waals surface area (Å²) in [4.78, 5) is 2.56. The van der Waals surface area contributed by atoms with Gasteiger partial charge in [-0.1, -0.05) is 6.92 Å². The van der Waals surface area contributed by atoms with Gasteiger partial charge in [0.2, 0.25) is 0 Å². The van der Waals surface area contributed by atoms with Crippen LogP contribution in [-0.4, -0.2) is 50.3 Å². The summed E-state index contributed by atoms with van der Waals surface area (Å²) in [5, 5.41) is 3.56. The quantitative estimate of drug-likeness (QED) is 0.610. The van der Waals surface area contributed by atoms with Crippen molar-refractivity contribution < 1.29 is 4.74 Å². The average molecular weight is 228 g/mol. The molecule has 0 radical (unpaired) electrons. The van der Waals surface area contributed by atoms with Crippen molar-refractivity contribution in [2.75, 3.05) is 39.4 Å². The molecule has 0 spiro atoms. The van der Waals surface area contributed by atoms with Crippen LogP contribution in [-0.2, 0) is 4.74 Å². The summed E-state index contributed by atoms with van der Waals surface area (Å²) < 4.78 is 5.45. The standard InChI is InChI=1S/C13H28N2O/c1-3-10-16-11-6-7-14-13(2)12-15-8-4-5-9-15/h13-14H,3-12H2,1-2H3. The molecule has 0 aromatic carbocycles. The molecule has 1 atom stereocenters. The highest BCUT2D eigenvalue weighted by Crippen LogP contribution is 2.07. The third-order valence-electron chi connectivity index (χ3n) is 3.04. The molecule has 16 heavy (non-hydrogen) atoms. The van der Waals surface area contributed by atoms with E-state index >= 15 is 0 Å². The molecule has 0 aromatic rings. The van der Waals surface area contributed by atoms with E-state index in [9.17, 15) is 0 Å². The lowest BCUT2D eigenvalue weighted by atomic mass is 10.3. The molecule has 1 aliphatic rings. The van der Waals surface area contributed by atoms with Crippen molar-refractivity contribution in [3.05, 3.63) is 0 Å². The molecule has 1 heterocycles. The SMILES string of the molecule is CCCOCCCNC(C)CN1CCCC1. The smallest absolute Gasteiger partial charge is 0.0478 e. The van der Waals surface area contributed by atoms with E-state index in [-0.39, 0.29) is 0 Å². The van der Waals surface area contributed by atoms with Crippen LogP contribution >= 0.6 is 0 Å². The molecule has 96 valence electrons. The maximum atomic E-state index is 5.45. The molecule has 0 aliphatic carbocycles. The minimum absolute atomic E-state index is 0.615. The number of hydrogen-bond donors (Lipinski definition) is 1. The lowest BCUT2D eigenvalue weighted by molar-refractivity contribution is 0.131. The minimum Gasteiger partial charge on any atom is -0.381 e. The molecule has 1 fully saturated rings. The number of hydrogen-bond acceptors (Lipinski definition) is 3. The second kappa shape index (κ2) is 8.97. The van der Waals surface area contributed by atoms with Gasteiger partial charge in [-0.2, -0.15) is 0 Å². The summed E-state index contributed by atoms with van der Waals surface area (Å²) in [7, 11) is 0. The topological polar surface area (TPSA) is 24.5 Å². The van der Waals surface area contributed by atoms with Crippen LogP contribution in [0.15, 0.2) is 0 Å². The molecule has 3 heteroatoms. The zero-order chi connectivity index (χ0) is 11.6. The van der Waals surface area contributed by atoms with Crippen LogP contribution in [0.5, 0.6) is 0 Å². The van der Waals surface area contributed by atoms with E-state index in [4.69, 9.17) is 4.74 Å². The van der Waals surface area contributed by atoms with Gasteiger partial charge in [-0.3, -0.25) is 0 Å². The Labute approximate surface area is 101 Å². The Morgan fingerprint density at radius 1 is 1.25 bits per heavy atom. The zero-order valence-electron chi connectivity index (χ0n) is 11.0. The normalized spacial score (nSPS) is 19.1. The molecular weight excluding hydrogens is 200 g/mol. The van der Waals surface area contributed by atoms with E-state index in [2.05, 4.69) is 24.1 Å². The molecule has 1 aliphatic heterocycles. The van der Waals surface area contributed by atoms with Gasteiger partial charge in [0.15, 0.2) is 0 Å². The highest BCUT2D eigenvalue weighted by molar-refractivity contribution is 4.72. The van der Waals surface area contributed by atoms with Crippen LogP contribution < -0.4 is 5.32 Å². The number of rotatable bonds is 9. The van der Waals surface area contributed by atoms with Crippen molar-refractivity contribution in [1.29, 1.82) is 0 Å². The maximum Gasteiger partial charge on any atom is 0.0478 e. The third kappa shape index (κ3) is 6.46. The monoisotopic (exact) mass is 228 g/mol. The predicted molar refractivity (Wildman–Crippen MR) is 68.9 cm³/mol. The molecule has 1 N–H and O–H groups in total. The Morgan fingerprint density at radius 3 is 2.69 bits per heavy atom. The van der Waals surface area contributed by atoms with Gasteiger partial charge < -0.3 is 15.0 Å². The van der Waals surface area contributed by atoms with Crippen LogP contribution in [0.4, 0.5) is 0 Å². The van der Waals surface area contributed by atoms with E-state index in [0.717, 1.165) is 32.6 Å². The third-order valence-corrected chi connectivity index (χ3v) is 3.04. The summed E-state index contributed by atoms with van der Waals surface area (Å²) in [6.45, 7) is 11.1. The molecule has 0 amide bonds. The van der Waals surface area contributed by atoms with Gasteiger partial charge in [-0.15, -0.1) is 0 Å². The van der Waals surface area contributed by atoms with E-state index in [1.165, 1.54) is 32.5 Å². The fourth-order valence-corrected chi connectivity index (χ4v) is 2.19. The van der Waals surface area contributed by atoms with E-state index in [1.54, 1.807) is 0 Å². The molecule has 1 rings (SSSR count). The average Bonchev–Trinajstić information content (AvgIpc) is 2.76. The first-order valence-corrected chi connectivity index (χ1v) is 6.86. The van der Waals surface area contributed by atoms with Gasteiger partial charge in [0.05, 0.1) is 0 Å². The number of ether oxygens (including phenoxy) is 1. The van der Waals surface area contributed by atoms with Crippen LogP contribution in [0, 0.1) is 0 Å². The largest absolute Gasteiger partial charge is 0.381 e. The van der Waals surface area contributed by atoms with Gasteiger partial charge in [0.25, 0.3) is 0 Å². The molecular formula is C13H28N2O. The number of nitrogens with one attached hydrogen (secondary N) is 1. The van der Waals surface area contributed by atoms with Gasteiger partial charge >= 0.3 is 0 Å². The van der Waals surface area contributed by atoms with Crippen molar-refractivity contribution in [2.24, 2.45) is 0 Å². The molecule has 1 saturated heterocycles. The summed E-state index contributed by atoms with van der Waals surface area (Å²) in [6, 6.07) is 0.615. The molecule has 3 nitrogen and oxygen atoms in total. The molecule has 0 aromatic heterocycles. The van der Waals surface area contributed by atoms with Crippen LogP contribution in [0.3, 0.4) is 0 Å². The first-order chi connectivity index (χ1) is 7.83. The zero-order valence-corrected chi connectivity index (χ0v) is 11.0. The lowest BCUT2D eigenvalue weighted by Gasteiger charge is -2.21. The van der Waals surface area contributed by atoms with Crippen molar-refractivity contribution in [1.82, 2.24) is 10.2 Å². The Hall–Kier alpha value is -0.120. The molecule has 1 unspecified atom stereocenters. The highest BCUT2D eigenvalue weighted by Gasteiger charge is 2.13. The first-order valence-electron chi connectivity index (χ1n) is 6.86. The Bertz CT molecular complexity index is 158. The van der Waals surface area contributed by atoms with Crippen molar-refractivity contribution >= 4 is 0 Å². The Morgan fingerprint density at radius 2 is 2.00 bits per heavy atom. The Balaban J connectivity index is 1.87. The van der Waals surface area contributed by atoms with Crippen LogP contribution in [0.1, 0.15) is 39.5 Å². The maximum absolute atomic E-state index is 5.45. The van der Waals surface area contributed by atoms with Crippen molar-refractivity contribution in [3.8, 4) is 0 Å².